The molecule has 1 fully saturated rings. The summed E-state index contributed by atoms with van der Waals surface area (Å²) in [4.78, 5) is 9.73. The maximum atomic E-state index is 5.48. The van der Waals surface area contributed by atoms with Crippen molar-refractivity contribution in [2.75, 3.05) is 60.0 Å². The number of piperazine rings is 1. The van der Waals surface area contributed by atoms with Crippen LogP contribution < -0.4 is 15.4 Å². The topological polar surface area (TPSA) is 52.1 Å². The molecule has 0 spiro atoms. The average Bonchev–Trinajstić information content (AvgIpc) is 2.66. The summed E-state index contributed by atoms with van der Waals surface area (Å²) >= 11 is 0. The van der Waals surface area contributed by atoms with Crippen molar-refractivity contribution in [3.8, 4) is 5.75 Å². The standard InChI is InChI=1S/C21H37N5O/c1-6-22-21(24-16-18(3)26-13-11-25(4)12-14-26)23-10-9-19-15-17(2)7-8-20(19)27-5/h7-8,15,18H,6,9-14,16H2,1-5H3,(H2,22,23,24). The van der Waals surface area contributed by atoms with Crippen molar-refractivity contribution < 1.29 is 4.74 Å². The fraction of sp³-hybridized carbons (Fsp3) is 0.667. The number of ether oxygens (including phenoxy) is 1. The first-order chi connectivity index (χ1) is 13.0. The predicted octanol–water partition coefficient (Wildman–Crippen LogP) is 1.74. The van der Waals surface area contributed by atoms with Crippen molar-refractivity contribution in [3.63, 3.8) is 0 Å². The van der Waals surface area contributed by atoms with E-state index in [1.54, 1.807) is 7.11 Å². The van der Waals surface area contributed by atoms with Crippen molar-refractivity contribution in [2.45, 2.75) is 33.2 Å². The molecule has 1 atom stereocenters. The average molecular weight is 376 g/mol. The number of nitrogens with zero attached hydrogens (tertiary/aromatic N) is 3. The highest BCUT2D eigenvalue weighted by atomic mass is 16.5. The molecule has 1 aromatic rings. The minimum atomic E-state index is 0.464. The molecule has 1 aliphatic heterocycles. The Morgan fingerprint density at radius 1 is 1.22 bits per heavy atom. The number of guanidine groups is 1. The summed E-state index contributed by atoms with van der Waals surface area (Å²) in [6.07, 6.45) is 0.906. The first kappa shape index (κ1) is 21.5. The number of aryl methyl sites for hydroxylation is 1. The molecule has 6 heteroatoms. The zero-order valence-corrected chi connectivity index (χ0v) is 17.7. The fourth-order valence-corrected chi connectivity index (χ4v) is 3.36. The number of likely N-dealkylation sites (N-methyl/N-ethyl adjacent to an activating group) is 1. The summed E-state index contributed by atoms with van der Waals surface area (Å²) in [6, 6.07) is 6.79. The summed E-state index contributed by atoms with van der Waals surface area (Å²) in [5, 5.41) is 6.82. The number of aliphatic imine (C=N–C) groups is 1. The normalized spacial score (nSPS) is 17.6. The van der Waals surface area contributed by atoms with Gasteiger partial charge in [0.1, 0.15) is 5.75 Å². The van der Waals surface area contributed by atoms with Gasteiger partial charge >= 0.3 is 0 Å². The highest BCUT2D eigenvalue weighted by Gasteiger charge is 2.18. The zero-order chi connectivity index (χ0) is 19.6. The quantitative estimate of drug-likeness (QED) is 0.535. The van der Waals surface area contributed by atoms with Gasteiger partial charge < -0.3 is 20.3 Å². The van der Waals surface area contributed by atoms with Gasteiger partial charge in [0.05, 0.1) is 13.7 Å². The third-order valence-electron chi connectivity index (χ3n) is 5.14. The van der Waals surface area contributed by atoms with Crippen molar-refractivity contribution in [3.05, 3.63) is 29.3 Å². The van der Waals surface area contributed by atoms with Gasteiger partial charge in [-0.25, -0.2) is 0 Å². The molecule has 152 valence electrons. The van der Waals surface area contributed by atoms with E-state index in [9.17, 15) is 0 Å². The van der Waals surface area contributed by atoms with Crippen LogP contribution in [0.3, 0.4) is 0 Å². The molecule has 0 bridgehead atoms. The number of rotatable bonds is 8. The van der Waals surface area contributed by atoms with Gasteiger partial charge in [0.2, 0.25) is 0 Å². The summed E-state index contributed by atoms with van der Waals surface area (Å²) in [5.41, 5.74) is 2.49. The molecule has 1 saturated heterocycles. The molecule has 6 nitrogen and oxygen atoms in total. The number of benzene rings is 1. The molecule has 1 aliphatic rings. The lowest BCUT2D eigenvalue weighted by atomic mass is 10.1. The largest absolute Gasteiger partial charge is 0.496 e. The predicted molar refractivity (Wildman–Crippen MR) is 114 cm³/mol. The summed E-state index contributed by atoms with van der Waals surface area (Å²) < 4.78 is 5.48. The third kappa shape index (κ3) is 7.03. The van der Waals surface area contributed by atoms with E-state index in [1.807, 2.05) is 6.07 Å². The van der Waals surface area contributed by atoms with Gasteiger partial charge in [-0.3, -0.25) is 9.89 Å². The van der Waals surface area contributed by atoms with Gasteiger partial charge in [-0.1, -0.05) is 17.7 Å². The molecular formula is C21H37N5O. The molecule has 0 radical (unpaired) electrons. The van der Waals surface area contributed by atoms with Gasteiger partial charge in [-0.15, -0.1) is 0 Å². The smallest absolute Gasteiger partial charge is 0.191 e. The van der Waals surface area contributed by atoms with E-state index in [2.05, 4.69) is 60.4 Å². The summed E-state index contributed by atoms with van der Waals surface area (Å²) in [7, 11) is 3.92. The van der Waals surface area contributed by atoms with Crippen molar-refractivity contribution in [2.24, 2.45) is 4.99 Å². The van der Waals surface area contributed by atoms with E-state index in [0.717, 1.165) is 63.9 Å². The lowest BCUT2D eigenvalue weighted by Crippen LogP contribution is -2.49. The van der Waals surface area contributed by atoms with Gasteiger partial charge in [0.25, 0.3) is 0 Å². The molecule has 0 aromatic heterocycles. The Balaban J connectivity index is 1.85. The van der Waals surface area contributed by atoms with Crippen LogP contribution in [0, 0.1) is 6.92 Å². The summed E-state index contributed by atoms with van der Waals surface area (Å²) in [5.74, 6) is 1.85. The number of hydrogen-bond acceptors (Lipinski definition) is 4. The van der Waals surface area contributed by atoms with E-state index in [4.69, 9.17) is 9.73 Å². The summed E-state index contributed by atoms with van der Waals surface area (Å²) in [6.45, 7) is 13.5. The number of hydrogen-bond donors (Lipinski definition) is 2. The van der Waals surface area contributed by atoms with E-state index in [1.165, 1.54) is 11.1 Å². The monoisotopic (exact) mass is 375 g/mol. The molecule has 0 saturated carbocycles. The molecule has 0 amide bonds. The minimum absolute atomic E-state index is 0.464. The molecule has 1 aromatic carbocycles. The highest BCUT2D eigenvalue weighted by molar-refractivity contribution is 5.79. The Bertz CT molecular complexity index is 596. The van der Waals surface area contributed by atoms with Crippen molar-refractivity contribution in [1.82, 2.24) is 20.4 Å². The molecule has 2 N–H and O–H groups in total. The van der Waals surface area contributed by atoms with E-state index >= 15 is 0 Å². The van der Waals surface area contributed by atoms with Crippen LogP contribution in [0.2, 0.25) is 0 Å². The molecule has 0 aliphatic carbocycles. The van der Waals surface area contributed by atoms with Crippen LogP contribution in [0.25, 0.3) is 0 Å². The van der Waals surface area contributed by atoms with Crippen LogP contribution in [-0.2, 0) is 6.42 Å². The Labute approximate surface area is 165 Å². The number of methoxy groups -OCH3 is 1. The van der Waals surface area contributed by atoms with Crippen LogP contribution >= 0.6 is 0 Å². The molecule has 27 heavy (non-hydrogen) atoms. The van der Waals surface area contributed by atoms with Crippen LogP contribution in [0.4, 0.5) is 0 Å². The maximum Gasteiger partial charge on any atom is 0.191 e. The van der Waals surface area contributed by atoms with Crippen LogP contribution in [0.5, 0.6) is 5.75 Å². The lowest BCUT2D eigenvalue weighted by Gasteiger charge is -2.35. The van der Waals surface area contributed by atoms with E-state index in [0.29, 0.717) is 6.04 Å². The fourth-order valence-electron chi connectivity index (χ4n) is 3.36. The highest BCUT2D eigenvalue weighted by Crippen LogP contribution is 2.19. The Morgan fingerprint density at radius 3 is 2.63 bits per heavy atom. The molecule has 1 unspecified atom stereocenters. The lowest BCUT2D eigenvalue weighted by molar-refractivity contribution is 0.122. The molecular weight excluding hydrogens is 338 g/mol. The van der Waals surface area contributed by atoms with E-state index in [-0.39, 0.29) is 0 Å². The Kier molecular flexibility index (Phi) is 8.88. The van der Waals surface area contributed by atoms with Crippen LogP contribution in [-0.4, -0.2) is 81.8 Å². The zero-order valence-electron chi connectivity index (χ0n) is 17.7. The third-order valence-corrected chi connectivity index (χ3v) is 5.14. The first-order valence-electron chi connectivity index (χ1n) is 10.1. The van der Waals surface area contributed by atoms with Gasteiger partial charge in [-0.05, 0) is 45.9 Å². The second-order valence-corrected chi connectivity index (χ2v) is 7.40. The Morgan fingerprint density at radius 2 is 1.96 bits per heavy atom. The van der Waals surface area contributed by atoms with Crippen LogP contribution in [0.15, 0.2) is 23.2 Å². The Hall–Kier alpha value is -1.79. The van der Waals surface area contributed by atoms with Gasteiger partial charge in [-0.2, -0.15) is 0 Å². The second-order valence-electron chi connectivity index (χ2n) is 7.40. The molecule has 1 heterocycles. The van der Waals surface area contributed by atoms with E-state index < -0.39 is 0 Å². The van der Waals surface area contributed by atoms with Crippen LogP contribution in [0.1, 0.15) is 25.0 Å². The van der Waals surface area contributed by atoms with Gasteiger partial charge in [0.15, 0.2) is 5.96 Å². The van der Waals surface area contributed by atoms with Crippen molar-refractivity contribution >= 4 is 5.96 Å². The molecule has 2 rings (SSSR count). The number of nitrogens with one attached hydrogen (secondary N) is 2. The van der Waals surface area contributed by atoms with Crippen molar-refractivity contribution in [1.29, 1.82) is 0 Å². The maximum absolute atomic E-state index is 5.48. The van der Waals surface area contributed by atoms with Gasteiger partial charge in [0, 0.05) is 45.3 Å². The minimum Gasteiger partial charge on any atom is -0.496 e. The first-order valence-corrected chi connectivity index (χ1v) is 10.1. The SMILES string of the molecule is CCNC(=NCC(C)N1CCN(C)CC1)NCCc1cc(C)ccc1OC. The second kappa shape index (κ2) is 11.1.